The summed E-state index contributed by atoms with van der Waals surface area (Å²) in [6.07, 6.45) is 2.84. The number of benzene rings is 1. The van der Waals surface area contributed by atoms with Crippen LogP contribution in [0.4, 0.5) is 0 Å². The van der Waals surface area contributed by atoms with Crippen molar-refractivity contribution in [3.63, 3.8) is 0 Å². The summed E-state index contributed by atoms with van der Waals surface area (Å²) in [5.74, 6) is 0.681. The number of likely N-dealkylation sites (tertiary alicyclic amines) is 1. The van der Waals surface area contributed by atoms with Gasteiger partial charge in [-0.2, -0.15) is 0 Å². The molecule has 1 N–H and O–H groups in total. The van der Waals surface area contributed by atoms with Crippen molar-refractivity contribution < 1.29 is 14.3 Å². The van der Waals surface area contributed by atoms with Gasteiger partial charge >= 0.3 is 0 Å². The fraction of sp³-hybridized carbons (Fsp3) is 0.429. The quantitative estimate of drug-likeness (QED) is 0.792. The van der Waals surface area contributed by atoms with Crippen LogP contribution in [-0.4, -0.2) is 53.0 Å². The van der Waals surface area contributed by atoms with Gasteiger partial charge in [0, 0.05) is 50.7 Å². The van der Waals surface area contributed by atoms with E-state index in [1.54, 1.807) is 18.9 Å². The van der Waals surface area contributed by atoms with Gasteiger partial charge in [-0.15, -0.1) is 0 Å². The van der Waals surface area contributed by atoms with E-state index < -0.39 is 0 Å². The van der Waals surface area contributed by atoms with Crippen molar-refractivity contribution in [1.29, 1.82) is 0 Å². The average Bonchev–Trinajstić information content (AvgIpc) is 2.75. The molecule has 0 saturated carbocycles. The van der Waals surface area contributed by atoms with Crippen molar-refractivity contribution in [3.05, 3.63) is 47.0 Å². The fourth-order valence-electron chi connectivity index (χ4n) is 3.41. The molecule has 1 saturated heterocycles. The highest BCUT2D eigenvalue weighted by atomic mass is 16.5. The van der Waals surface area contributed by atoms with Gasteiger partial charge in [-0.1, -0.05) is 0 Å². The molecule has 8 nitrogen and oxygen atoms in total. The molecule has 1 fully saturated rings. The van der Waals surface area contributed by atoms with Gasteiger partial charge in [-0.25, -0.2) is 4.98 Å². The standard InChI is InChI=1S/C21H26N4O4/c1-15(26)24-10-7-17(8-11-24)21(28)22-9-12-25-14-23-19(13-20(25)27)16-3-5-18(29-2)6-4-16/h3-6,13-14,17H,7-12H2,1-2H3,(H,22,28). The molecule has 3 rings (SSSR count). The Morgan fingerprint density at radius 2 is 1.90 bits per heavy atom. The monoisotopic (exact) mass is 398 g/mol. The maximum absolute atomic E-state index is 12.4. The number of ether oxygens (including phenoxy) is 1. The van der Waals surface area contributed by atoms with Crippen molar-refractivity contribution in [2.75, 3.05) is 26.7 Å². The molecule has 154 valence electrons. The van der Waals surface area contributed by atoms with Gasteiger partial charge in [-0.05, 0) is 37.1 Å². The second-order valence-corrected chi connectivity index (χ2v) is 7.11. The summed E-state index contributed by atoms with van der Waals surface area (Å²) in [4.78, 5) is 42.1. The Morgan fingerprint density at radius 3 is 2.48 bits per heavy atom. The van der Waals surface area contributed by atoms with E-state index in [0.29, 0.717) is 44.7 Å². The number of rotatable bonds is 6. The molecule has 0 radical (unpaired) electrons. The van der Waals surface area contributed by atoms with E-state index in [9.17, 15) is 14.4 Å². The lowest BCUT2D eigenvalue weighted by molar-refractivity contribution is -0.133. The predicted molar refractivity (Wildman–Crippen MR) is 108 cm³/mol. The first kappa shape index (κ1) is 20.6. The Labute approximate surface area is 169 Å². The number of hydrogen-bond acceptors (Lipinski definition) is 5. The third kappa shape index (κ3) is 5.22. The number of nitrogens with one attached hydrogen (secondary N) is 1. The van der Waals surface area contributed by atoms with Crippen LogP contribution < -0.4 is 15.6 Å². The van der Waals surface area contributed by atoms with Crippen molar-refractivity contribution in [3.8, 4) is 17.0 Å². The summed E-state index contributed by atoms with van der Waals surface area (Å²) in [6.45, 7) is 3.49. The molecular formula is C21H26N4O4. The Kier molecular flexibility index (Phi) is 6.64. The maximum Gasteiger partial charge on any atom is 0.253 e. The molecule has 1 aliphatic rings. The molecule has 1 aromatic heterocycles. The molecule has 0 atom stereocenters. The third-order valence-electron chi connectivity index (χ3n) is 5.23. The lowest BCUT2D eigenvalue weighted by Gasteiger charge is -2.30. The highest BCUT2D eigenvalue weighted by Crippen LogP contribution is 2.19. The predicted octanol–water partition coefficient (Wildman–Crippen LogP) is 1.29. The SMILES string of the molecule is COc1ccc(-c2cc(=O)n(CCNC(=O)C3CCN(C(C)=O)CC3)cn2)cc1. The average molecular weight is 398 g/mol. The topological polar surface area (TPSA) is 93.5 Å². The molecule has 29 heavy (non-hydrogen) atoms. The second-order valence-electron chi connectivity index (χ2n) is 7.11. The third-order valence-corrected chi connectivity index (χ3v) is 5.23. The van der Waals surface area contributed by atoms with Gasteiger partial charge in [0.25, 0.3) is 5.56 Å². The van der Waals surface area contributed by atoms with Gasteiger partial charge in [0.15, 0.2) is 0 Å². The Bertz CT molecular complexity index is 915. The van der Waals surface area contributed by atoms with Crippen LogP contribution in [-0.2, 0) is 16.1 Å². The van der Waals surface area contributed by atoms with Crippen molar-refractivity contribution in [1.82, 2.24) is 19.8 Å². The van der Waals surface area contributed by atoms with Crippen LogP contribution in [0.2, 0.25) is 0 Å². The molecular weight excluding hydrogens is 372 g/mol. The van der Waals surface area contributed by atoms with Crippen LogP contribution in [0, 0.1) is 5.92 Å². The first-order chi connectivity index (χ1) is 14.0. The van der Waals surface area contributed by atoms with E-state index in [2.05, 4.69) is 10.3 Å². The van der Waals surface area contributed by atoms with Crippen LogP contribution >= 0.6 is 0 Å². The highest BCUT2D eigenvalue weighted by molar-refractivity contribution is 5.79. The summed E-state index contributed by atoms with van der Waals surface area (Å²) in [7, 11) is 1.60. The lowest BCUT2D eigenvalue weighted by atomic mass is 9.96. The normalized spacial score (nSPS) is 14.5. The first-order valence-corrected chi connectivity index (χ1v) is 9.72. The van der Waals surface area contributed by atoms with Gasteiger partial charge < -0.3 is 15.0 Å². The van der Waals surface area contributed by atoms with E-state index in [1.165, 1.54) is 17.0 Å². The molecule has 2 heterocycles. The number of methoxy groups -OCH3 is 1. The fourth-order valence-corrected chi connectivity index (χ4v) is 3.41. The number of hydrogen-bond donors (Lipinski definition) is 1. The van der Waals surface area contributed by atoms with Crippen LogP contribution in [0.3, 0.4) is 0 Å². The molecule has 2 aromatic rings. The zero-order valence-electron chi connectivity index (χ0n) is 16.8. The minimum Gasteiger partial charge on any atom is -0.497 e. The number of nitrogens with zero attached hydrogens (tertiary/aromatic N) is 3. The maximum atomic E-state index is 12.4. The molecule has 1 aromatic carbocycles. The van der Waals surface area contributed by atoms with Crippen molar-refractivity contribution in [2.45, 2.75) is 26.3 Å². The van der Waals surface area contributed by atoms with Gasteiger partial charge in [0.1, 0.15) is 5.75 Å². The van der Waals surface area contributed by atoms with Crippen LogP contribution in [0.1, 0.15) is 19.8 Å². The molecule has 0 spiro atoms. The smallest absolute Gasteiger partial charge is 0.253 e. The molecule has 0 aliphatic carbocycles. The second kappa shape index (κ2) is 9.36. The van der Waals surface area contributed by atoms with Crippen LogP contribution in [0.25, 0.3) is 11.3 Å². The van der Waals surface area contributed by atoms with E-state index >= 15 is 0 Å². The van der Waals surface area contributed by atoms with Gasteiger partial charge in [0.2, 0.25) is 11.8 Å². The number of carbonyl (C=O) groups excluding carboxylic acids is 2. The number of carbonyl (C=O) groups is 2. The van der Waals surface area contributed by atoms with Crippen LogP contribution in [0.15, 0.2) is 41.5 Å². The Hall–Kier alpha value is -3.16. The molecule has 0 bridgehead atoms. The van der Waals surface area contributed by atoms with Gasteiger partial charge in [0.05, 0.1) is 19.1 Å². The summed E-state index contributed by atoms with van der Waals surface area (Å²) in [5, 5.41) is 2.89. The summed E-state index contributed by atoms with van der Waals surface area (Å²) >= 11 is 0. The Morgan fingerprint density at radius 1 is 1.21 bits per heavy atom. The summed E-state index contributed by atoms with van der Waals surface area (Å²) in [6, 6.07) is 8.82. The van der Waals surface area contributed by atoms with E-state index in [4.69, 9.17) is 4.74 Å². The van der Waals surface area contributed by atoms with Crippen molar-refractivity contribution >= 4 is 11.8 Å². The van der Waals surface area contributed by atoms with Gasteiger partial charge in [-0.3, -0.25) is 19.0 Å². The molecule has 1 aliphatic heterocycles. The van der Waals surface area contributed by atoms with E-state index in [1.807, 2.05) is 24.3 Å². The minimum absolute atomic E-state index is 0.0240. The molecule has 8 heteroatoms. The van der Waals surface area contributed by atoms with E-state index in [0.717, 1.165) is 11.3 Å². The highest BCUT2D eigenvalue weighted by Gasteiger charge is 2.25. The lowest BCUT2D eigenvalue weighted by Crippen LogP contribution is -2.43. The number of amides is 2. The molecule has 2 amide bonds. The van der Waals surface area contributed by atoms with Crippen LogP contribution in [0.5, 0.6) is 5.75 Å². The first-order valence-electron chi connectivity index (χ1n) is 9.72. The zero-order valence-corrected chi connectivity index (χ0v) is 16.8. The molecule has 0 unspecified atom stereocenters. The Balaban J connectivity index is 1.51. The number of aromatic nitrogens is 2. The zero-order chi connectivity index (χ0) is 20.8. The van der Waals surface area contributed by atoms with E-state index in [-0.39, 0.29) is 23.3 Å². The summed E-state index contributed by atoms with van der Waals surface area (Å²) in [5.41, 5.74) is 1.25. The largest absolute Gasteiger partial charge is 0.497 e. The summed E-state index contributed by atoms with van der Waals surface area (Å²) < 4.78 is 6.61. The van der Waals surface area contributed by atoms with Crippen molar-refractivity contribution in [2.24, 2.45) is 5.92 Å². The number of piperidine rings is 1. The minimum atomic E-state index is -0.171.